The van der Waals surface area contributed by atoms with E-state index in [2.05, 4.69) is 26.1 Å². The fraction of sp³-hybridized carbons (Fsp3) is 0.0667. The van der Waals surface area contributed by atoms with Crippen LogP contribution < -0.4 is 4.74 Å². The normalized spacial score (nSPS) is 10.7. The summed E-state index contributed by atoms with van der Waals surface area (Å²) in [6.07, 6.45) is 0. The number of halogens is 3. The number of nitrogens with zero attached hydrogens (tertiary/aromatic N) is 2. The average Bonchev–Trinajstić information content (AvgIpc) is 2.96. The molecule has 0 spiro atoms. The Morgan fingerprint density at radius 2 is 1.95 bits per heavy atom. The van der Waals surface area contributed by atoms with Gasteiger partial charge in [-0.25, -0.2) is 4.39 Å². The summed E-state index contributed by atoms with van der Waals surface area (Å²) in [6, 6.07) is 11.0. The second-order valence-electron chi connectivity index (χ2n) is 4.39. The molecule has 0 saturated carbocycles. The molecule has 0 unspecified atom stereocenters. The van der Waals surface area contributed by atoms with Crippen molar-refractivity contribution in [2.45, 2.75) is 6.61 Å². The van der Waals surface area contributed by atoms with Gasteiger partial charge < -0.3 is 9.26 Å². The van der Waals surface area contributed by atoms with Crippen molar-refractivity contribution >= 4 is 27.5 Å². The van der Waals surface area contributed by atoms with Gasteiger partial charge in [0.2, 0.25) is 5.82 Å². The first-order valence-electron chi connectivity index (χ1n) is 6.28. The van der Waals surface area contributed by atoms with Crippen LogP contribution in [0.2, 0.25) is 5.02 Å². The van der Waals surface area contributed by atoms with Crippen molar-refractivity contribution < 1.29 is 13.7 Å². The Kier molecular flexibility index (Phi) is 4.40. The van der Waals surface area contributed by atoms with Gasteiger partial charge in [0, 0.05) is 10.6 Å². The Balaban J connectivity index is 1.70. The molecular formula is C15H9BrClFN2O2. The maximum atomic E-state index is 12.9. The summed E-state index contributed by atoms with van der Waals surface area (Å²) in [5.74, 6) is 1.01. The topological polar surface area (TPSA) is 48.2 Å². The first-order valence-corrected chi connectivity index (χ1v) is 7.45. The first kappa shape index (κ1) is 15.0. The number of aromatic nitrogens is 2. The number of hydrogen-bond donors (Lipinski definition) is 0. The molecule has 0 fully saturated rings. The molecule has 7 heteroatoms. The summed E-state index contributed by atoms with van der Waals surface area (Å²) in [7, 11) is 0. The lowest BCUT2D eigenvalue weighted by Gasteiger charge is -2.05. The van der Waals surface area contributed by atoms with E-state index in [1.807, 2.05) is 0 Å². The van der Waals surface area contributed by atoms with Crippen molar-refractivity contribution in [1.82, 2.24) is 10.1 Å². The third-order valence-electron chi connectivity index (χ3n) is 2.81. The lowest BCUT2D eigenvalue weighted by Crippen LogP contribution is -1.98. The molecule has 3 aromatic rings. The number of ether oxygens (including phenoxy) is 1. The van der Waals surface area contributed by atoms with Gasteiger partial charge in [-0.2, -0.15) is 4.98 Å². The van der Waals surface area contributed by atoms with Crippen LogP contribution in [0, 0.1) is 5.82 Å². The third kappa shape index (κ3) is 3.45. The molecule has 0 N–H and O–H groups in total. The molecule has 1 aromatic heterocycles. The van der Waals surface area contributed by atoms with E-state index in [4.69, 9.17) is 20.9 Å². The van der Waals surface area contributed by atoms with Gasteiger partial charge in [0.1, 0.15) is 11.6 Å². The predicted octanol–water partition coefficient (Wildman–Crippen LogP) is 4.87. The Labute approximate surface area is 139 Å². The van der Waals surface area contributed by atoms with Crippen molar-refractivity contribution in [3.63, 3.8) is 0 Å². The number of hydrogen-bond acceptors (Lipinski definition) is 4. The standard InChI is InChI=1S/C15H9BrClFN2O2/c16-12-7-10(17)3-6-13(12)21-8-14-19-15(22-20-14)9-1-4-11(18)5-2-9/h1-7H,8H2. The Morgan fingerprint density at radius 1 is 1.18 bits per heavy atom. The van der Waals surface area contributed by atoms with Crippen LogP contribution in [0.4, 0.5) is 4.39 Å². The smallest absolute Gasteiger partial charge is 0.258 e. The highest BCUT2D eigenvalue weighted by molar-refractivity contribution is 9.10. The molecule has 22 heavy (non-hydrogen) atoms. The molecule has 0 aliphatic rings. The third-order valence-corrected chi connectivity index (χ3v) is 3.66. The molecule has 0 bridgehead atoms. The molecular weight excluding hydrogens is 375 g/mol. The minimum atomic E-state index is -0.320. The lowest BCUT2D eigenvalue weighted by molar-refractivity contribution is 0.285. The molecule has 0 atom stereocenters. The second-order valence-corrected chi connectivity index (χ2v) is 5.68. The van der Waals surface area contributed by atoms with Crippen LogP contribution in [-0.4, -0.2) is 10.1 Å². The van der Waals surface area contributed by atoms with Gasteiger partial charge in [-0.3, -0.25) is 0 Å². The molecule has 0 aliphatic heterocycles. The molecule has 0 aliphatic carbocycles. The first-order chi connectivity index (χ1) is 10.6. The van der Waals surface area contributed by atoms with Crippen LogP contribution in [0.15, 0.2) is 51.5 Å². The van der Waals surface area contributed by atoms with Crippen LogP contribution in [0.3, 0.4) is 0 Å². The van der Waals surface area contributed by atoms with Gasteiger partial charge in [-0.05, 0) is 58.4 Å². The minimum Gasteiger partial charge on any atom is -0.484 e. The quantitative estimate of drug-likeness (QED) is 0.645. The average molecular weight is 384 g/mol. The molecule has 0 amide bonds. The number of rotatable bonds is 4. The summed E-state index contributed by atoms with van der Waals surface area (Å²) in [4.78, 5) is 4.21. The maximum Gasteiger partial charge on any atom is 0.258 e. The zero-order valence-corrected chi connectivity index (χ0v) is 13.4. The van der Waals surface area contributed by atoms with Gasteiger partial charge in [0.05, 0.1) is 4.47 Å². The Bertz CT molecular complexity index is 792. The van der Waals surface area contributed by atoms with Crippen LogP contribution in [0.1, 0.15) is 5.82 Å². The lowest BCUT2D eigenvalue weighted by atomic mass is 10.2. The van der Waals surface area contributed by atoms with E-state index >= 15 is 0 Å². The molecule has 112 valence electrons. The highest BCUT2D eigenvalue weighted by atomic mass is 79.9. The van der Waals surface area contributed by atoms with E-state index in [1.54, 1.807) is 30.3 Å². The molecule has 0 radical (unpaired) electrons. The summed E-state index contributed by atoms with van der Waals surface area (Å²) in [5, 5.41) is 4.44. The second kappa shape index (κ2) is 6.46. The molecule has 0 saturated heterocycles. The monoisotopic (exact) mass is 382 g/mol. The van der Waals surface area contributed by atoms with E-state index in [0.717, 1.165) is 4.47 Å². The van der Waals surface area contributed by atoms with Crippen molar-refractivity contribution in [2.75, 3.05) is 0 Å². The Morgan fingerprint density at radius 3 is 2.68 bits per heavy atom. The van der Waals surface area contributed by atoms with E-state index in [9.17, 15) is 4.39 Å². The van der Waals surface area contributed by atoms with E-state index in [0.29, 0.717) is 28.1 Å². The zero-order valence-electron chi connectivity index (χ0n) is 11.1. The van der Waals surface area contributed by atoms with Gasteiger partial charge in [-0.15, -0.1) is 0 Å². The van der Waals surface area contributed by atoms with Crippen LogP contribution in [-0.2, 0) is 6.61 Å². The number of benzene rings is 2. The summed E-state index contributed by atoms with van der Waals surface area (Å²) in [6.45, 7) is 0.144. The molecule has 3 rings (SSSR count). The van der Waals surface area contributed by atoms with Gasteiger partial charge in [0.25, 0.3) is 5.89 Å². The van der Waals surface area contributed by atoms with Gasteiger partial charge >= 0.3 is 0 Å². The van der Waals surface area contributed by atoms with Crippen LogP contribution >= 0.6 is 27.5 Å². The maximum absolute atomic E-state index is 12.9. The highest BCUT2D eigenvalue weighted by Gasteiger charge is 2.10. The Hall–Kier alpha value is -1.92. The van der Waals surface area contributed by atoms with Crippen LogP contribution in [0.25, 0.3) is 11.5 Å². The van der Waals surface area contributed by atoms with Crippen molar-refractivity contribution in [3.05, 3.63) is 63.6 Å². The SMILES string of the molecule is Fc1ccc(-c2nc(COc3ccc(Cl)cc3Br)no2)cc1. The highest BCUT2D eigenvalue weighted by Crippen LogP contribution is 2.28. The summed E-state index contributed by atoms with van der Waals surface area (Å²) in [5.41, 5.74) is 0.646. The van der Waals surface area contributed by atoms with Gasteiger partial charge in [0.15, 0.2) is 6.61 Å². The summed E-state index contributed by atoms with van der Waals surface area (Å²) < 4.78 is 24.3. The molecule has 2 aromatic carbocycles. The van der Waals surface area contributed by atoms with E-state index in [-0.39, 0.29) is 12.4 Å². The molecule has 1 heterocycles. The van der Waals surface area contributed by atoms with Crippen molar-refractivity contribution in [2.24, 2.45) is 0 Å². The van der Waals surface area contributed by atoms with Gasteiger partial charge in [-0.1, -0.05) is 16.8 Å². The van der Waals surface area contributed by atoms with Crippen molar-refractivity contribution in [3.8, 4) is 17.2 Å². The van der Waals surface area contributed by atoms with Crippen LogP contribution in [0.5, 0.6) is 5.75 Å². The molecule has 4 nitrogen and oxygen atoms in total. The fourth-order valence-electron chi connectivity index (χ4n) is 1.76. The zero-order chi connectivity index (χ0) is 15.5. The fourth-order valence-corrected chi connectivity index (χ4v) is 2.55. The predicted molar refractivity (Wildman–Crippen MR) is 83.2 cm³/mol. The van der Waals surface area contributed by atoms with Crippen molar-refractivity contribution in [1.29, 1.82) is 0 Å². The minimum absolute atomic E-state index is 0.144. The largest absolute Gasteiger partial charge is 0.484 e. The summed E-state index contributed by atoms with van der Waals surface area (Å²) >= 11 is 9.22. The van der Waals surface area contributed by atoms with E-state index < -0.39 is 0 Å². The van der Waals surface area contributed by atoms with E-state index in [1.165, 1.54) is 12.1 Å².